The normalized spacial score (nSPS) is 14.8. The van der Waals surface area contributed by atoms with Crippen LogP contribution in [0.2, 0.25) is 0 Å². The number of halogens is 1. The van der Waals surface area contributed by atoms with Crippen LogP contribution in [0.15, 0.2) is 60.7 Å². The fraction of sp³-hybridized carbons (Fsp3) is 0.261. The molecule has 29 heavy (non-hydrogen) atoms. The second kappa shape index (κ2) is 8.49. The van der Waals surface area contributed by atoms with Crippen molar-refractivity contribution in [1.29, 1.82) is 0 Å². The van der Waals surface area contributed by atoms with E-state index in [2.05, 4.69) is 14.8 Å². The molecule has 1 aliphatic rings. The molecule has 0 radical (unpaired) electrons. The minimum Gasteiger partial charge on any atom is -0.508 e. The molecule has 6 heteroatoms. The highest BCUT2D eigenvalue weighted by Crippen LogP contribution is 2.28. The molecule has 5 nitrogen and oxygen atoms in total. The van der Waals surface area contributed by atoms with Crippen LogP contribution in [-0.4, -0.2) is 48.3 Å². The molecular weight excluding hydrogens is 369 g/mol. The summed E-state index contributed by atoms with van der Waals surface area (Å²) < 4.78 is 19.2. The zero-order chi connectivity index (χ0) is 20.2. The lowest BCUT2D eigenvalue weighted by molar-refractivity contribution is 0.246. The van der Waals surface area contributed by atoms with Crippen molar-refractivity contribution in [3.8, 4) is 22.9 Å². The van der Waals surface area contributed by atoms with E-state index in [1.165, 1.54) is 6.07 Å². The number of phenols is 1. The minimum absolute atomic E-state index is 0.183. The van der Waals surface area contributed by atoms with Gasteiger partial charge in [-0.2, -0.15) is 0 Å². The van der Waals surface area contributed by atoms with Crippen molar-refractivity contribution in [2.75, 3.05) is 38.2 Å². The van der Waals surface area contributed by atoms with Crippen molar-refractivity contribution >= 4 is 5.69 Å². The molecule has 1 saturated heterocycles. The largest absolute Gasteiger partial charge is 0.508 e. The fourth-order valence-electron chi connectivity index (χ4n) is 3.66. The van der Waals surface area contributed by atoms with Crippen LogP contribution in [-0.2, 0) is 6.54 Å². The monoisotopic (exact) mass is 393 g/mol. The number of hydrogen-bond donors (Lipinski definition) is 1. The molecule has 1 aliphatic heterocycles. The molecule has 0 spiro atoms. The maximum absolute atomic E-state index is 14.0. The van der Waals surface area contributed by atoms with Gasteiger partial charge in [0, 0.05) is 49.9 Å². The third kappa shape index (κ3) is 4.32. The molecular formula is C23H24FN3O2. The van der Waals surface area contributed by atoms with Crippen LogP contribution < -0.4 is 9.64 Å². The van der Waals surface area contributed by atoms with Gasteiger partial charge >= 0.3 is 0 Å². The fourth-order valence-corrected chi connectivity index (χ4v) is 3.66. The number of phenolic OH excluding ortho intramolecular Hbond substituents is 1. The number of hydrogen-bond acceptors (Lipinski definition) is 5. The molecule has 1 fully saturated rings. The SMILES string of the molecule is COc1cccc(-c2ccc(O)c(CN3CCN(c4ccccc4F)CC3)c2)n1. The Balaban J connectivity index is 1.45. The minimum atomic E-state index is -0.183. The second-order valence-electron chi connectivity index (χ2n) is 7.12. The number of piperazine rings is 1. The topological polar surface area (TPSA) is 48.8 Å². The average molecular weight is 393 g/mol. The molecule has 150 valence electrons. The molecule has 0 saturated carbocycles. The van der Waals surface area contributed by atoms with Crippen molar-refractivity contribution < 1.29 is 14.2 Å². The Labute approximate surface area is 170 Å². The number of benzene rings is 2. The lowest BCUT2D eigenvalue weighted by atomic mass is 10.1. The van der Waals surface area contributed by atoms with Crippen molar-refractivity contribution in [2.24, 2.45) is 0 Å². The summed E-state index contributed by atoms with van der Waals surface area (Å²) in [5.74, 6) is 0.645. The molecule has 1 aromatic heterocycles. The van der Waals surface area contributed by atoms with Gasteiger partial charge in [-0.3, -0.25) is 4.90 Å². The molecule has 0 atom stereocenters. The molecule has 2 heterocycles. The third-order valence-corrected chi connectivity index (χ3v) is 5.27. The number of methoxy groups -OCH3 is 1. The van der Waals surface area contributed by atoms with Crippen LogP contribution in [0.4, 0.5) is 10.1 Å². The Morgan fingerprint density at radius 3 is 2.55 bits per heavy atom. The van der Waals surface area contributed by atoms with Gasteiger partial charge in [-0.15, -0.1) is 0 Å². The number of para-hydroxylation sites is 1. The summed E-state index contributed by atoms with van der Waals surface area (Å²) in [7, 11) is 1.59. The standard InChI is InChI=1S/C23H24FN3O2/c1-29-23-8-4-6-20(25-23)17-9-10-22(28)18(15-17)16-26-11-13-27(14-12-26)21-7-3-2-5-19(21)24/h2-10,15,28H,11-14,16H2,1H3. The third-order valence-electron chi connectivity index (χ3n) is 5.27. The van der Waals surface area contributed by atoms with E-state index in [9.17, 15) is 9.50 Å². The van der Waals surface area contributed by atoms with Crippen LogP contribution in [0, 0.1) is 5.82 Å². The summed E-state index contributed by atoms with van der Waals surface area (Å²) in [6.45, 7) is 3.73. The van der Waals surface area contributed by atoms with E-state index in [4.69, 9.17) is 4.74 Å². The van der Waals surface area contributed by atoms with Gasteiger partial charge in [0.2, 0.25) is 5.88 Å². The van der Waals surface area contributed by atoms with Gasteiger partial charge in [0.15, 0.2) is 0 Å². The average Bonchev–Trinajstić information content (AvgIpc) is 2.76. The first-order chi connectivity index (χ1) is 14.1. The molecule has 1 N–H and O–H groups in total. The van der Waals surface area contributed by atoms with Gasteiger partial charge in [0.1, 0.15) is 11.6 Å². The Morgan fingerprint density at radius 2 is 1.79 bits per heavy atom. The number of rotatable bonds is 5. The van der Waals surface area contributed by atoms with E-state index in [0.29, 0.717) is 18.1 Å². The Bertz CT molecular complexity index is 987. The summed E-state index contributed by atoms with van der Waals surface area (Å²) in [6.07, 6.45) is 0. The van der Waals surface area contributed by atoms with Gasteiger partial charge in [0.25, 0.3) is 0 Å². The molecule has 0 aliphatic carbocycles. The lowest BCUT2D eigenvalue weighted by Gasteiger charge is -2.36. The van der Waals surface area contributed by atoms with E-state index < -0.39 is 0 Å². The highest BCUT2D eigenvalue weighted by atomic mass is 19.1. The number of ether oxygens (including phenoxy) is 1. The van der Waals surface area contributed by atoms with Gasteiger partial charge in [0.05, 0.1) is 18.5 Å². The number of pyridine rings is 1. The van der Waals surface area contributed by atoms with Crippen LogP contribution in [0.25, 0.3) is 11.3 Å². The Morgan fingerprint density at radius 1 is 1.00 bits per heavy atom. The first-order valence-corrected chi connectivity index (χ1v) is 9.69. The van der Waals surface area contributed by atoms with Crippen molar-refractivity contribution in [3.05, 3.63) is 72.0 Å². The molecule has 4 rings (SSSR count). The predicted molar refractivity (Wildman–Crippen MR) is 112 cm³/mol. The molecule has 2 aromatic carbocycles. The zero-order valence-electron chi connectivity index (χ0n) is 16.4. The molecule has 0 unspecified atom stereocenters. The van der Waals surface area contributed by atoms with Crippen LogP contribution in [0.5, 0.6) is 11.6 Å². The number of anilines is 1. The molecule has 3 aromatic rings. The maximum atomic E-state index is 14.0. The van der Waals surface area contributed by atoms with Crippen LogP contribution in [0.3, 0.4) is 0 Å². The number of aromatic nitrogens is 1. The highest BCUT2D eigenvalue weighted by Gasteiger charge is 2.20. The van der Waals surface area contributed by atoms with Crippen LogP contribution in [0.1, 0.15) is 5.56 Å². The van der Waals surface area contributed by atoms with E-state index >= 15 is 0 Å². The van der Waals surface area contributed by atoms with Crippen molar-refractivity contribution in [3.63, 3.8) is 0 Å². The van der Waals surface area contributed by atoms with Crippen LogP contribution >= 0.6 is 0 Å². The summed E-state index contributed by atoms with van der Waals surface area (Å²) in [5, 5.41) is 10.3. The zero-order valence-corrected chi connectivity index (χ0v) is 16.4. The van der Waals surface area contributed by atoms with E-state index in [1.54, 1.807) is 25.3 Å². The van der Waals surface area contributed by atoms with E-state index in [-0.39, 0.29) is 11.6 Å². The van der Waals surface area contributed by atoms with Gasteiger partial charge < -0.3 is 14.7 Å². The predicted octanol–water partition coefficient (Wildman–Crippen LogP) is 3.92. The lowest BCUT2D eigenvalue weighted by Crippen LogP contribution is -2.46. The molecule has 0 bridgehead atoms. The van der Waals surface area contributed by atoms with E-state index in [0.717, 1.165) is 43.0 Å². The first-order valence-electron chi connectivity index (χ1n) is 9.69. The summed E-state index contributed by atoms with van der Waals surface area (Å²) in [4.78, 5) is 8.82. The van der Waals surface area contributed by atoms with Gasteiger partial charge in [-0.25, -0.2) is 9.37 Å². The molecule has 0 amide bonds. The van der Waals surface area contributed by atoms with E-state index in [1.807, 2.05) is 36.4 Å². The summed E-state index contributed by atoms with van der Waals surface area (Å²) in [6, 6.07) is 18.1. The number of aromatic hydroxyl groups is 1. The second-order valence-corrected chi connectivity index (χ2v) is 7.12. The van der Waals surface area contributed by atoms with Gasteiger partial charge in [-0.05, 0) is 36.4 Å². The van der Waals surface area contributed by atoms with Crippen molar-refractivity contribution in [2.45, 2.75) is 6.54 Å². The van der Waals surface area contributed by atoms with Gasteiger partial charge in [-0.1, -0.05) is 18.2 Å². The van der Waals surface area contributed by atoms with Crippen molar-refractivity contribution in [1.82, 2.24) is 9.88 Å². The Hall–Kier alpha value is -3.12. The number of nitrogens with zero attached hydrogens (tertiary/aromatic N) is 3. The highest BCUT2D eigenvalue weighted by molar-refractivity contribution is 5.62. The Kier molecular flexibility index (Phi) is 5.62. The summed E-state index contributed by atoms with van der Waals surface area (Å²) in [5.41, 5.74) is 3.24. The smallest absolute Gasteiger partial charge is 0.213 e. The summed E-state index contributed by atoms with van der Waals surface area (Å²) >= 11 is 0. The first kappa shape index (κ1) is 19.2. The quantitative estimate of drug-likeness (QED) is 0.712. The maximum Gasteiger partial charge on any atom is 0.213 e.